The molecule has 0 spiro atoms. The second-order valence-corrected chi connectivity index (χ2v) is 6.01. The molecule has 2 heteroatoms. The van der Waals surface area contributed by atoms with E-state index in [0.717, 1.165) is 12.7 Å². The Hall–Kier alpha value is -0.660. The van der Waals surface area contributed by atoms with E-state index in [1.165, 1.54) is 0 Å². The Kier molecular flexibility index (Phi) is 5.77. The van der Waals surface area contributed by atoms with E-state index in [1.807, 2.05) is 20.8 Å². The zero-order chi connectivity index (χ0) is 12.1. The molecule has 1 atom stereocenters. The summed E-state index contributed by atoms with van der Waals surface area (Å²) in [4.78, 5) is 22.4. The first kappa shape index (κ1) is 14.3. The van der Waals surface area contributed by atoms with Crippen molar-refractivity contribution < 1.29 is 9.59 Å². The van der Waals surface area contributed by atoms with Gasteiger partial charge in [0, 0.05) is 18.8 Å². The zero-order valence-electron chi connectivity index (χ0n) is 10.7. The van der Waals surface area contributed by atoms with Gasteiger partial charge in [-0.3, -0.25) is 4.79 Å². The summed E-state index contributed by atoms with van der Waals surface area (Å²) in [5.41, 5.74) is 0.0301. The maximum Gasteiger partial charge on any atom is 0.134 e. The maximum absolute atomic E-state index is 11.7. The van der Waals surface area contributed by atoms with Gasteiger partial charge in [-0.05, 0) is 17.8 Å². The first-order chi connectivity index (χ1) is 6.74. The van der Waals surface area contributed by atoms with Crippen LogP contribution in [-0.2, 0) is 9.59 Å². The van der Waals surface area contributed by atoms with Crippen LogP contribution in [0.3, 0.4) is 0 Å². The maximum atomic E-state index is 11.7. The fraction of sp³-hybridized carbons (Fsp3) is 0.846. The molecule has 0 saturated heterocycles. The lowest BCUT2D eigenvalue weighted by Crippen LogP contribution is -2.17. The molecule has 0 heterocycles. The predicted molar refractivity (Wildman–Crippen MR) is 62.7 cm³/mol. The van der Waals surface area contributed by atoms with E-state index in [9.17, 15) is 9.59 Å². The Bertz CT molecular complexity index is 211. The molecular formula is C13H24O2. The van der Waals surface area contributed by atoms with Gasteiger partial charge in [-0.2, -0.15) is 0 Å². The molecule has 2 nitrogen and oxygen atoms in total. The van der Waals surface area contributed by atoms with E-state index < -0.39 is 0 Å². The van der Waals surface area contributed by atoms with Gasteiger partial charge >= 0.3 is 0 Å². The van der Waals surface area contributed by atoms with Crippen LogP contribution in [-0.4, -0.2) is 12.1 Å². The molecule has 0 aliphatic rings. The SMILES string of the molecule is CC(C)CC(C=O)CC(=O)CC(C)(C)C. The number of hydrogen-bond donors (Lipinski definition) is 0. The molecule has 0 fully saturated rings. The third kappa shape index (κ3) is 8.34. The number of rotatable bonds is 6. The second kappa shape index (κ2) is 6.04. The molecule has 15 heavy (non-hydrogen) atoms. The summed E-state index contributed by atoms with van der Waals surface area (Å²) in [5, 5.41) is 0. The molecule has 88 valence electrons. The first-order valence-electron chi connectivity index (χ1n) is 5.71. The molecule has 0 aromatic rings. The molecule has 1 unspecified atom stereocenters. The van der Waals surface area contributed by atoms with Gasteiger partial charge in [0.1, 0.15) is 12.1 Å². The highest BCUT2D eigenvalue weighted by Gasteiger charge is 2.19. The minimum atomic E-state index is -0.0835. The second-order valence-electron chi connectivity index (χ2n) is 6.01. The van der Waals surface area contributed by atoms with Crippen LogP contribution in [0.4, 0.5) is 0 Å². The molecular weight excluding hydrogens is 188 g/mol. The Morgan fingerprint density at radius 1 is 1.27 bits per heavy atom. The van der Waals surface area contributed by atoms with Crippen molar-refractivity contribution in [2.24, 2.45) is 17.3 Å². The predicted octanol–water partition coefficient (Wildman–Crippen LogP) is 3.24. The Morgan fingerprint density at radius 3 is 2.13 bits per heavy atom. The van der Waals surface area contributed by atoms with Gasteiger partial charge in [0.05, 0.1) is 0 Å². The summed E-state index contributed by atoms with van der Waals surface area (Å²) >= 11 is 0. The van der Waals surface area contributed by atoms with Gasteiger partial charge in [0.15, 0.2) is 0 Å². The topological polar surface area (TPSA) is 34.1 Å². The fourth-order valence-electron chi connectivity index (χ4n) is 1.75. The van der Waals surface area contributed by atoms with Gasteiger partial charge in [0.25, 0.3) is 0 Å². The van der Waals surface area contributed by atoms with Gasteiger partial charge in [0.2, 0.25) is 0 Å². The zero-order valence-corrected chi connectivity index (χ0v) is 10.7. The van der Waals surface area contributed by atoms with Gasteiger partial charge in [-0.25, -0.2) is 0 Å². The largest absolute Gasteiger partial charge is 0.303 e. The lowest BCUT2D eigenvalue weighted by molar-refractivity contribution is -0.124. The molecule has 0 aromatic heterocycles. The minimum Gasteiger partial charge on any atom is -0.303 e. The van der Waals surface area contributed by atoms with Crippen molar-refractivity contribution in [1.29, 1.82) is 0 Å². The van der Waals surface area contributed by atoms with Crippen LogP contribution in [0.15, 0.2) is 0 Å². The normalized spacial score (nSPS) is 14.0. The van der Waals surface area contributed by atoms with Crippen molar-refractivity contribution in [3.05, 3.63) is 0 Å². The number of carbonyl (C=O) groups excluding carboxylic acids is 2. The van der Waals surface area contributed by atoms with Crippen molar-refractivity contribution in [2.45, 2.75) is 53.9 Å². The number of ketones is 1. The van der Waals surface area contributed by atoms with Crippen molar-refractivity contribution in [3.63, 3.8) is 0 Å². The van der Waals surface area contributed by atoms with E-state index in [0.29, 0.717) is 18.8 Å². The molecule has 0 amide bonds. The highest BCUT2D eigenvalue weighted by atomic mass is 16.1. The van der Waals surface area contributed by atoms with E-state index in [1.54, 1.807) is 0 Å². The number of aldehydes is 1. The Balaban J connectivity index is 4.08. The van der Waals surface area contributed by atoms with Crippen molar-refractivity contribution in [1.82, 2.24) is 0 Å². The summed E-state index contributed by atoms with van der Waals surface area (Å²) in [6.45, 7) is 10.3. The summed E-state index contributed by atoms with van der Waals surface area (Å²) in [6, 6.07) is 0. The van der Waals surface area contributed by atoms with Gasteiger partial charge in [-0.15, -0.1) is 0 Å². The minimum absolute atomic E-state index is 0.0301. The van der Waals surface area contributed by atoms with E-state index in [-0.39, 0.29) is 17.1 Å². The fourth-order valence-corrected chi connectivity index (χ4v) is 1.75. The molecule has 0 aliphatic heterocycles. The van der Waals surface area contributed by atoms with Crippen LogP contribution in [0, 0.1) is 17.3 Å². The monoisotopic (exact) mass is 212 g/mol. The van der Waals surface area contributed by atoms with Crippen LogP contribution < -0.4 is 0 Å². The standard InChI is InChI=1S/C13H24O2/c1-10(2)6-11(9-14)7-12(15)8-13(3,4)5/h9-11H,6-8H2,1-5H3. The van der Waals surface area contributed by atoms with Crippen molar-refractivity contribution >= 4 is 12.1 Å². The summed E-state index contributed by atoms with van der Waals surface area (Å²) < 4.78 is 0. The smallest absolute Gasteiger partial charge is 0.134 e. The highest BCUT2D eigenvalue weighted by Crippen LogP contribution is 2.22. The summed E-state index contributed by atoms with van der Waals surface area (Å²) in [5.74, 6) is 0.600. The lowest BCUT2D eigenvalue weighted by Gasteiger charge is -2.18. The Morgan fingerprint density at radius 2 is 1.80 bits per heavy atom. The molecule has 0 bridgehead atoms. The molecule has 0 rings (SSSR count). The summed E-state index contributed by atoms with van der Waals surface area (Å²) in [7, 11) is 0. The third-order valence-electron chi connectivity index (χ3n) is 2.18. The van der Waals surface area contributed by atoms with Crippen LogP contribution in [0.25, 0.3) is 0 Å². The van der Waals surface area contributed by atoms with Crippen molar-refractivity contribution in [3.8, 4) is 0 Å². The van der Waals surface area contributed by atoms with Crippen LogP contribution >= 0.6 is 0 Å². The first-order valence-corrected chi connectivity index (χ1v) is 5.71. The quantitative estimate of drug-likeness (QED) is 0.633. The molecule has 0 aromatic carbocycles. The average molecular weight is 212 g/mol. The average Bonchev–Trinajstić information content (AvgIpc) is 1.98. The van der Waals surface area contributed by atoms with Gasteiger partial charge < -0.3 is 4.79 Å². The number of hydrogen-bond acceptors (Lipinski definition) is 2. The Labute approximate surface area is 93.4 Å². The molecule has 0 aliphatic carbocycles. The summed E-state index contributed by atoms with van der Waals surface area (Å²) in [6.07, 6.45) is 2.73. The highest BCUT2D eigenvalue weighted by molar-refractivity contribution is 5.81. The van der Waals surface area contributed by atoms with E-state index in [2.05, 4.69) is 13.8 Å². The lowest BCUT2D eigenvalue weighted by atomic mass is 9.85. The van der Waals surface area contributed by atoms with E-state index >= 15 is 0 Å². The molecule has 0 N–H and O–H groups in total. The third-order valence-corrected chi connectivity index (χ3v) is 2.18. The van der Waals surface area contributed by atoms with Crippen LogP contribution in [0.5, 0.6) is 0 Å². The van der Waals surface area contributed by atoms with Crippen molar-refractivity contribution in [2.75, 3.05) is 0 Å². The van der Waals surface area contributed by atoms with E-state index in [4.69, 9.17) is 0 Å². The molecule has 0 radical (unpaired) electrons. The molecule has 0 saturated carbocycles. The number of carbonyl (C=O) groups is 2. The van der Waals surface area contributed by atoms with Crippen LogP contribution in [0.2, 0.25) is 0 Å². The number of Topliss-reactive ketones (excluding diaryl/α,β-unsaturated/α-hetero) is 1. The van der Waals surface area contributed by atoms with Crippen LogP contribution in [0.1, 0.15) is 53.9 Å². The van der Waals surface area contributed by atoms with Gasteiger partial charge in [-0.1, -0.05) is 34.6 Å².